The predicted molar refractivity (Wildman–Crippen MR) is 70.5 cm³/mol. The van der Waals surface area contributed by atoms with Crippen molar-refractivity contribution in [3.63, 3.8) is 0 Å². The number of anilines is 2. The number of hydrogen-bond donors (Lipinski definition) is 2. The first-order chi connectivity index (χ1) is 8.06. The van der Waals surface area contributed by atoms with Crippen LogP contribution in [0.2, 0.25) is 0 Å². The molecule has 0 atom stereocenters. The molecule has 0 aliphatic carbocycles. The van der Waals surface area contributed by atoms with Gasteiger partial charge >= 0.3 is 0 Å². The number of nitrogens with zero attached hydrogens (tertiary/aromatic N) is 3. The molecule has 1 rings (SSSR count). The van der Waals surface area contributed by atoms with Crippen LogP contribution in [0, 0.1) is 0 Å². The van der Waals surface area contributed by atoms with Crippen molar-refractivity contribution in [2.45, 2.75) is 19.8 Å². The molecule has 4 N–H and O–H groups in total. The van der Waals surface area contributed by atoms with E-state index in [0.29, 0.717) is 22.7 Å². The van der Waals surface area contributed by atoms with E-state index in [2.05, 4.69) is 32.8 Å². The van der Waals surface area contributed by atoms with Crippen LogP contribution in [-0.4, -0.2) is 29.0 Å². The molecule has 0 fully saturated rings. The second kappa shape index (κ2) is 6.39. The van der Waals surface area contributed by atoms with E-state index < -0.39 is 5.91 Å². The quantitative estimate of drug-likeness (QED) is 0.814. The number of primary amides is 1. The van der Waals surface area contributed by atoms with Gasteiger partial charge in [0, 0.05) is 6.54 Å². The van der Waals surface area contributed by atoms with Gasteiger partial charge in [-0.25, -0.2) is 9.97 Å². The fourth-order valence-electron chi connectivity index (χ4n) is 1.39. The van der Waals surface area contributed by atoms with Crippen molar-refractivity contribution in [3.05, 3.63) is 10.8 Å². The van der Waals surface area contributed by atoms with Crippen LogP contribution in [-0.2, 0) is 4.79 Å². The zero-order chi connectivity index (χ0) is 12.8. The average Bonchev–Trinajstić information content (AvgIpc) is 2.28. The van der Waals surface area contributed by atoms with Gasteiger partial charge in [-0.15, -0.1) is 0 Å². The van der Waals surface area contributed by atoms with Gasteiger partial charge < -0.3 is 16.4 Å². The third-order valence-electron chi connectivity index (χ3n) is 2.23. The highest BCUT2D eigenvalue weighted by molar-refractivity contribution is 9.10. The van der Waals surface area contributed by atoms with E-state index in [4.69, 9.17) is 11.5 Å². The number of hydrogen-bond acceptors (Lipinski definition) is 5. The third kappa shape index (κ3) is 3.85. The number of rotatable bonds is 6. The van der Waals surface area contributed by atoms with Crippen molar-refractivity contribution in [1.82, 2.24) is 9.97 Å². The van der Waals surface area contributed by atoms with Gasteiger partial charge in [0.25, 0.3) is 0 Å². The molecule has 0 aliphatic heterocycles. The Morgan fingerprint density at radius 2 is 2.24 bits per heavy atom. The number of amides is 1. The number of unbranched alkanes of at least 4 members (excludes halogenated alkanes) is 1. The van der Waals surface area contributed by atoms with Crippen molar-refractivity contribution in [1.29, 1.82) is 0 Å². The highest BCUT2D eigenvalue weighted by Crippen LogP contribution is 2.27. The topological polar surface area (TPSA) is 98.1 Å². The van der Waals surface area contributed by atoms with E-state index in [1.54, 1.807) is 4.90 Å². The summed E-state index contributed by atoms with van der Waals surface area (Å²) in [6.45, 7) is 2.90. The molecule has 1 aromatic rings. The molecule has 0 saturated carbocycles. The maximum atomic E-state index is 11.0. The van der Waals surface area contributed by atoms with E-state index in [1.807, 2.05) is 0 Å². The Morgan fingerprint density at radius 3 is 2.82 bits per heavy atom. The van der Waals surface area contributed by atoms with Crippen molar-refractivity contribution in [3.8, 4) is 0 Å². The minimum Gasteiger partial charge on any atom is -0.383 e. The molecule has 0 aliphatic rings. The van der Waals surface area contributed by atoms with Crippen LogP contribution in [0.15, 0.2) is 10.8 Å². The highest BCUT2D eigenvalue weighted by atomic mass is 79.9. The Bertz CT molecular complexity index is 398. The molecular weight excluding hydrogens is 286 g/mol. The summed E-state index contributed by atoms with van der Waals surface area (Å²) in [6.07, 6.45) is 3.34. The van der Waals surface area contributed by atoms with Gasteiger partial charge in [-0.1, -0.05) is 13.3 Å². The second-order valence-electron chi connectivity index (χ2n) is 3.64. The number of halogens is 1. The lowest BCUT2D eigenvalue weighted by Crippen LogP contribution is -2.35. The Hall–Kier alpha value is -1.37. The Morgan fingerprint density at radius 1 is 1.53 bits per heavy atom. The summed E-state index contributed by atoms with van der Waals surface area (Å²) in [5.41, 5.74) is 10.9. The summed E-state index contributed by atoms with van der Waals surface area (Å²) < 4.78 is 0.595. The van der Waals surface area contributed by atoms with Gasteiger partial charge in [0.1, 0.15) is 22.4 Å². The molecule has 94 valence electrons. The average molecular weight is 302 g/mol. The number of carbonyl (C=O) groups is 1. The van der Waals surface area contributed by atoms with Crippen molar-refractivity contribution in [2.24, 2.45) is 5.73 Å². The largest absolute Gasteiger partial charge is 0.383 e. The van der Waals surface area contributed by atoms with Crippen LogP contribution in [0.4, 0.5) is 11.6 Å². The van der Waals surface area contributed by atoms with Crippen LogP contribution in [0.1, 0.15) is 19.8 Å². The summed E-state index contributed by atoms with van der Waals surface area (Å²) >= 11 is 3.32. The first-order valence-electron chi connectivity index (χ1n) is 5.35. The molecule has 0 aromatic carbocycles. The van der Waals surface area contributed by atoms with Gasteiger partial charge in [-0.2, -0.15) is 0 Å². The van der Waals surface area contributed by atoms with Gasteiger partial charge in [0.15, 0.2) is 0 Å². The van der Waals surface area contributed by atoms with Crippen LogP contribution in [0.25, 0.3) is 0 Å². The highest BCUT2D eigenvalue weighted by Gasteiger charge is 2.15. The maximum Gasteiger partial charge on any atom is 0.236 e. The number of aromatic nitrogens is 2. The maximum absolute atomic E-state index is 11.0. The molecule has 0 bridgehead atoms. The van der Waals surface area contributed by atoms with Crippen LogP contribution in [0.5, 0.6) is 0 Å². The Labute approximate surface area is 109 Å². The monoisotopic (exact) mass is 301 g/mol. The Balaban J connectivity index is 2.94. The lowest BCUT2D eigenvalue weighted by molar-refractivity contribution is -0.116. The third-order valence-corrected chi connectivity index (χ3v) is 2.99. The van der Waals surface area contributed by atoms with Crippen LogP contribution < -0.4 is 16.4 Å². The molecule has 0 unspecified atom stereocenters. The molecule has 0 saturated heterocycles. The van der Waals surface area contributed by atoms with Crippen LogP contribution in [0.3, 0.4) is 0 Å². The van der Waals surface area contributed by atoms with Gasteiger partial charge in [0.2, 0.25) is 5.91 Å². The van der Waals surface area contributed by atoms with Gasteiger partial charge in [-0.3, -0.25) is 4.79 Å². The SMILES string of the molecule is CCCCN(CC(N)=O)c1ncnc(N)c1Br. The molecule has 1 heterocycles. The van der Waals surface area contributed by atoms with Crippen molar-refractivity contribution in [2.75, 3.05) is 23.7 Å². The van der Waals surface area contributed by atoms with Gasteiger partial charge in [0.05, 0.1) is 6.54 Å². The zero-order valence-corrected chi connectivity index (χ0v) is 11.3. The lowest BCUT2D eigenvalue weighted by Gasteiger charge is -2.23. The first kappa shape index (κ1) is 13.7. The summed E-state index contributed by atoms with van der Waals surface area (Å²) in [7, 11) is 0. The predicted octanol–water partition coefficient (Wildman–Crippen LogP) is 0.913. The van der Waals surface area contributed by atoms with Crippen molar-refractivity contribution >= 4 is 33.5 Å². The summed E-state index contributed by atoms with van der Waals surface area (Å²) in [4.78, 5) is 20.8. The molecule has 17 heavy (non-hydrogen) atoms. The van der Waals surface area contributed by atoms with E-state index in [0.717, 1.165) is 12.8 Å². The zero-order valence-electron chi connectivity index (χ0n) is 9.69. The second-order valence-corrected chi connectivity index (χ2v) is 4.43. The molecule has 1 amide bonds. The van der Waals surface area contributed by atoms with Crippen molar-refractivity contribution < 1.29 is 4.79 Å². The summed E-state index contributed by atoms with van der Waals surface area (Å²) in [5, 5.41) is 0. The lowest BCUT2D eigenvalue weighted by atomic mass is 10.3. The number of nitrogen functional groups attached to an aromatic ring is 1. The van der Waals surface area contributed by atoms with Gasteiger partial charge in [-0.05, 0) is 22.4 Å². The molecule has 0 spiro atoms. The number of carbonyl (C=O) groups excluding carboxylic acids is 1. The first-order valence-corrected chi connectivity index (χ1v) is 6.14. The normalized spacial score (nSPS) is 10.2. The number of nitrogens with two attached hydrogens (primary N) is 2. The standard InChI is InChI=1S/C10H16BrN5O/c1-2-3-4-16(5-7(12)17)10-8(11)9(13)14-6-15-10/h6H,2-5H2,1H3,(H2,12,17)(H2,13,14,15). The molecule has 6 nitrogen and oxygen atoms in total. The van der Waals surface area contributed by atoms with E-state index in [1.165, 1.54) is 6.33 Å². The molecule has 7 heteroatoms. The van der Waals surface area contributed by atoms with E-state index in [9.17, 15) is 4.79 Å². The molecule has 0 radical (unpaired) electrons. The minimum absolute atomic E-state index is 0.120. The smallest absolute Gasteiger partial charge is 0.236 e. The minimum atomic E-state index is -0.398. The molecular formula is C10H16BrN5O. The van der Waals surface area contributed by atoms with E-state index >= 15 is 0 Å². The Kier molecular flexibility index (Phi) is 5.14. The van der Waals surface area contributed by atoms with Crippen LogP contribution >= 0.6 is 15.9 Å². The van der Waals surface area contributed by atoms with E-state index in [-0.39, 0.29) is 6.54 Å². The fourth-order valence-corrected chi connectivity index (χ4v) is 1.85. The molecule has 1 aromatic heterocycles. The summed E-state index contributed by atoms with van der Waals surface area (Å²) in [6, 6.07) is 0. The summed E-state index contributed by atoms with van der Waals surface area (Å²) in [5.74, 6) is 0.552. The fraction of sp³-hybridized carbons (Fsp3) is 0.500.